The maximum Gasteiger partial charge on any atom is 0.454 e. The third-order valence-electron chi connectivity index (χ3n) is 1.94. The van der Waals surface area contributed by atoms with Crippen LogP contribution in [-0.4, -0.2) is 19.1 Å². The summed E-state index contributed by atoms with van der Waals surface area (Å²) >= 11 is 0. The van der Waals surface area contributed by atoms with Gasteiger partial charge in [0, 0.05) is 11.1 Å². The molecule has 0 unspecified atom stereocenters. The number of Topliss-reactive ketones (excluding diaryl/α,β-unsaturated/α-hetero) is 1. The Labute approximate surface area is 93.0 Å². The van der Waals surface area contributed by atoms with Gasteiger partial charge in [-0.2, -0.15) is 13.2 Å². The summed E-state index contributed by atoms with van der Waals surface area (Å²) in [6.07, 6.45) is -8.09. The molecule has 0 spiro atoms. The molecule has 0 atom stereocenters. The summed E-state index contributed by atoms with van der Waals surface area (Å²) in [6, 6.07) is 2.14. The number of rotatable bonds is 3. The van der Waals surface area contributed by atoms with Crippen LogP contribution >= 0.6 is 0 Å². The third-order valence-corrected chi connectivity index (χ3v) is 1.94. The molecule has 0 aromatic heterocycles. The molecule has 0 heterocycles. The van der Waals surface area contributed by atoms with E-state index in [1.54, 1.807) is 0 Å². The number of halogens is 5. The lowest BCUT2D eigenvalue weighted by Crippen LogP contribution is -2.22. The summed E-state index contributed by atoms with van der Waals surface area (Å²) in [4.78, 5) is 10.9. The van der Waals surface area contributed by atoms with Crippen LogP contribution < -0.4 is 4.74 Å². The predicted molar refractivity (Wildman–Crippen MR) is 48.3 cm³/mol. The van der Waals surface area contributed by atoms with Crippen molar-refractivity contribution in [3.8, 4) is 5.75 Å². The molecule has 0 fully saturated rings. The highest BCUT2D eigenvalue weighted by atomic mass is 19.4. The maximum atomic E-state index is 12.4. The van der Waals surface area contributed by atoms with E-state index in [1.807, 2.05) is 0 Å². The van der Waals surface area contributed by atoms with E-state index in [0.29, 0.717) is 6.07 Å². The Bertz CT molecular complexity index is 425. The summed E-state index contributed by atoms with van der Waals surface area (Å²) in [5.41, 5.74) is -1.57. The van der Waals surface area contributed by atoms with Crippen LogP contribution in [0.5, 0.6) is 5.75 Å². The zero-order valence-corrected chi connectivity index (χ0v) is 8.52. The largest absolute Gasteiger partial charge is 0.497 e. The maximum absolute atomic E-state index is 12.4. The minimum Gasteiger partial charge on any atom is -0.497 e. The van der Waals surface area contributed by atoms with Crippen LogP contribution in [0.15, 0.2) is 18.2 Å². The number of hydrogen-bond donors (Lipinski definition) is 0. The Morgan fingerprint density at radius 2 is 1.82 bits per heavy atom. The van der Waals surface area contributed by atoms with Gasteiger partial charge in [0.1, 0.15) is 5.75 Å². The average Bonchev–Trinajstić information content (AvgIpc) is 2.26. The van der Waals surface area contributed by atoms with E-state index in [1.165, 1.54) is 0 Å². The van der Waals surface area contributed by atoms with Gasteiger partial charge in [-0.25, -0.2) is 8.78 Å². The topological polar surface area (TPSA) is 26.3 Å². The molecule has 17 heavy (non-hydrogen) atoms. The van der Waals surface area contributed by atoms with E-state index in [2.05, 4.69) is 4.74 Å². The van der Waals surface area contributed by atoms with Crippen molar-refractivity contribution in [3.05, 3.63) is 29.3 Å². The van der Waals surface area contributed by atoms with Crippen molar-refractivity contribution in [2.24, 2.45) is 0 Å². The third kappa shape index (κ3) is 3.15. The average molecular weight is 254 g/mol. The molecule has 0 aliphatic carbocycles. The first-order valence-corrected chi connectivity index (χ1v) is 4.34. The van der Waals surface area contributed by atoms with Gasteiger partial charge in [-0.3, -0.25) is 4.79 Å². The minimum atomic E-state index is -5.11. The van der Waals surface area contributed by atoms with E-state index in [0.717, 1.165) is 19.2 Å². The first-order valence-electron chi connectivity index (χ1n) is 4.34. The fraction of sp³-hybridized carbons (Fsp3) is 0.300. The van der Waals surface area contributed by atoms with Crippen LogP contribution in [0.1, 0.15) is 22.3 Å². The Morgan fingerprint density at radius 3 is 2.24 bits per heavy atom. The molecule has 0 N–H and O–H groups in total. The van der Waals surface area contributed by atoms with Crippen molar-refractivity contribution < 1.29 is 31.5 Å². The van der Waals surface area contributed by atoms with Crippen LogP contribution in [0.2, 0.25) is 0 Å². The van der Waals surface area contributed by atoms with Gasteiger partial charge in [-0.15, -0.1) is 0 Å². The first kappa shape index (κ1) is 13.4. The summed E-state index contributed by atoms with van der Waals surface area (Å²) in [6.45, 7) is 0. The minimum absolute atomic E-state index is 0.226. The zero-order valence-electron chi connectivity index (χ0n) is 8.52. The van der Waals surface area contributed by atoms with Crippen molar-refractivity contribution >= 4 is 5.78 Å². The highest BCUT2D eigenvalue weighted by Crippen LogP contribution is 2.29. The lowest BCUT2D eigenvalue weighted by atomic mass is 10.1. The second-order valence-corrected chi connectivity index (χ2v) is 3.12. The molecule has 1 aromatic carbocycles. The Morgan fingerprint density at radius 1 is 1.24 bits per heavy atom. The number of carbonyl (C=O) groups is 1. The number of methoxy groups -OCH3 is 1. The molecule has 1 aromatic rings. The van der Waals surface area contributed by atoms with Gasteiger partial charge in [0.05, 0.1) is 7.11 Å². The standard InChI is InChI=1S/C10H7F5O2/c1-17-7-3-5(8(16)10(13,14)15)2-6(4-7)9(11)12/h2-4,9H,1H3. The molecule has 0 radical (unpaired) electrons. The quantitative estimate of drug-likeness (QED) is 0.610. The molecule has 94 valence electrons. The molecule has 0 bridgehead atoms. The zero-order chi connectivity index (χ0) is 13.2. The predicted octanol–water partition coefficient (Wildman–Crippen LogP) is 3.38. The van der Waals surface area contributed by atoms with Gasteiger partial charge >= 0.3 is 6.18 Å². The number of carbonyl (C=O) groups excluding carboxylic acids is 1. The van der Waals surface area contributed by atoms with Gasteiger partial charge in [-0.1, -0.05) is 0 Å². The summed E-state index contributed by atoms with van der Waals surface area (Å²) in [5.74, 6) is -2.41. The van der Waals surface area contributed by atoms with Gasteiger partial charge in [0.2, 0.25) is 0 Å². The summed E-state index contributed by atoms with van der Waals surface area (Å²) in [5, 5.41) is 0. The number of benzene rings is 1. The van der Waals surface area contributed by atoms with Crippen molar-refractivity contribution in [1.29, 1.82) is 0 Å². The molecule has 0 saturated carbocycles. The van der Waals surface area contributed by atoms with E-state index in [9.17, 15) is 26.7 Å². The molecule has 1 rings (SSSR count). The number of alkyl halides is 5. The second kappa shape index (κ2) is 4.68. The second-order valence-electron chi connectivity index (χ2n) is 3.12. The fourth-order valence-electron chi connectivity index (χ4n) is 1.16. The number of ketones is 1. The van der Waals surface area contributed by atoms with E-state index < -0.39 is 29.5 Å². The molecule has 0 aliphatic heterocycles. The number of ether oxygens (including phenoxy) is 1. The monoisotopic (exact) mass is 254 g/mol. The van der Waals surface area contributed by atoms with E-state index in [4.69, 9.17) is 0 Å². The number of hydrogen-bond acceptors (Lipinski definition) is 2. The van der Waals surface area contributed by atoms with Crippen LogP contribution in [0.25, 0.3) is 0 Å². The molecular weight excluding hydrogens is 247 g/mol. The van der Waals surface area contributed by atoms with Gasteiger partial charge in [-0.05, 0) is 18.2 Å². The summed E-state index contributed by atoms with van der Waals surface area (Å²) < 4.78 is 65.7. The molecule has 2 nitrogen and oxygen atoms in total. The van der Waals surface area contributed by atoms with Gasteiger partial charge < -0.3 is 4.74 Å². The van der Waals surface area contributed by atoms with Gasteiger partial charge in [0.25, 0.3) is 12.2 Å². The van der Waals surface area contributed by atoms with Crippen LogP contribution in [0.3, 0.4) is 0 Å². The van der Waals surface area contributed by atoms with Crippen molar-refractivity contribution in [2.45, 2.75) is 12.6 Å². The smallest absolute Gasteiger partial charge is 0.454 e. The Balaban J connectivity index is 3.25. The fourth-order valence-corrected chi connectivity index (χ4v) is 1.16. The normalized spacial score (nSPS) is 11.7. The van der Waals surface area contributed by atoms with Crippen LogP contribution in [0, 0.1) is 0 Å². The Hall–Kier alpha value is -1.66. The van der Waals surface area contributed by atoms with Gasteiger partial charge in [0.15, 0.2) is 0 Å². The van der Waals surface area contributed by atoms with E-state index >= 15 is 0 Å². The van der Waals surface area contributed by atoms with Crippen LogP contribution in [-0.2, 0) is 0 Å². The van der Waals surface area contributed by atoms with E-state index in [-0.39, 0.29) is 5.75 Å². The SMILES string of the molecule is COc1cc(C(=O)C(F)(F)F)cc(C(F)F)c1. The highest BCUT2D eigenvalue weighted by molar-refractivity contribution is 6.00. The molecular formula is C10H7F5O2. The summed E-state index contributed by atoms with van der Waals surface area (Å²) in [7, 11) is 1.10. The lowest BCUT2D eigenvalue weighted by Gasteiger charge is -2.09. The van der Waals surface area contributed by atoms with Crippen molar-refractivity contribution in [2.75, 3.05) is 7.11 Å². The van der Waals surface area contributed by atoms with Crippen molar-refractivity contribution in [1.82, 2.24) is 0 Å². The molecule has 0 aliphatic rings. The first-order chi connectivity index (χ1) is 7.75. The molecule has 0 amide bonds. The molecule has 7 heteroatoms. The Kier molecular flexibility index (Phi) is 3.69. The van der Waals surface area contributed by atoms with Crippen molar-refractivity contribution in [3.63, 3.8) is 0 Å². The van der Waals surface area contributed by atoms with Crippen LogP contribution in [0.4, 0.5) is 22.0 Å². The molecule has 0 saturated heterocycles. The lowest BCUT2D eigenvalue weighted by molar-refractivity contribution is -0.0885. The highest BCUT2D eigenvalue weighted by Gasteiger charge is 2.39.